The van der Waals surface area contributed by atoms with Crippen molar-refractivity contribution in [2.75, 3.05) is 11.9 Å². The first-order valence-electron chi connectivity index (χ1n) is 9.59. The van der Waals surface area contributed by atoms with Crippen LogP contribution in [-0.2, 0) is 11.3 Å². The van der Waals surface area contributed by atoms with Crippen LogP contribution in [0.1, 0.15) is 60.9 Å². The summed E-state index contributed by atoms with van der Waals surface area (Å²) in [7, 11) is 0. The van der Waals surface area contributed by atoms with Crippen molar-refractivity contribution in [3.05, 3.63) is 65.2 Å². The number of rotatable bonds is 6. The van der Waals surface area contributed by atoms with Crippen LogP contribution in [0.15, 0.2) is 48.5 Å². The molecule has 0 radical (unpaired) electrons. The Kier molecular flexibility index (Phi) is 7.15. The van der Waals surface area contributed by atoms with E-state index in [1.54, 1.807) is 35.2 Å². The van der Waals surface area contributed by atoms with E-state index >= 15 is 0 Å². The highest BCUT2D eigenvalue weighted by Crippen LogP contribution is 2.20. The zero-order valence-electron chi connectivity index (χ0n) is 17.6. The van der Waals surface area contributed by atoms with Crippen LogP contribution in [-0.4, -0.2) is 34.8 Å². The Bertz CT molecular complexity index is 882. The number of Topliss-reactive ketones (excluding diaryl/α,β-unsaturated/α-hetero) is 1. The zero-order valence-corrected chi connectivity index (χ0v) is 17.6. The van der Waals surface area contributed by atoms with Gasteiger partial charge in [0.2, 0.25) is 0 Å². The van der Waals surface area contributed by atoms with Gasteiger partial charge in [0.25, 0.3) is 5.91 Å². The van der Waals surface area contributed by atoms with Gasteiger partial charge in [0.15, 0.2) is 5.78 Å². The summed E-state index contributed by atoms with van der Waals surface area (Å²) >= 11 is 0. The molecule has 2 aromatic rings. The molecule has 0 spiro atoms. The van der Waals surface area contributed by atoms with E-state index in [1.807, 2.05) is 45.9 Å². The van der Waals surface area contributed by atoms with Gasteiger partial charge in [0, 0.05) is 23.4 Å². The number of hydrogen-bond acceptors (Lipinski definition) is 4. The molecular weight excluding hydrogens is 368 g/mol. The van der Waals surface area contributed by atoms with Crippen molar-refractivity contribution >= 4 is 23.5 Å². The molecule has 0 atom stereocenters. The number of ether oxygens (including phenoxy) is 1. The number of amides is 2. The maximum Gasteiger partial charge on any atom is 0.410 e. The van der Waals surface area contributed by atoms with Crippen LogP contribution in [0.4, 0.5) is 10.5 Å². The van der Waals surface area contributed by atoms with E-state index in [0.29, 0.717) is 29.9 Å². The minimum absolute atomic E-state index is 0.0518. The molecule has 2 aromatic carbocycles. The van der Waals surface area contributed by atoms with Gasteiger partial charge in [-0.15, -0.1) is 0 Å². The highest BCUT2D eigenvalue weighted by molar-refractivity contribution is 6.05. The molecule has 154 valence electrons. The minimum Gasteiger partial charge on any atom is -0.444 e. The molecule has 0 heterocycles. The van der Waals surface area contributed by atoms with E-state index in [2.05, 4.69) is 5.32 Å². The fourth-order valence-corrected chi connectivity index (χ4v) is 2.67. The van der Waals surface area contributed by atoms with Crippen molar-refractivity contribution < 1.29 is 19.1 Å². The van der Waals surface area contributed by atoms with Gasteiger partial charge >= 0.3 is 6.09 Å². The molecule has 2 amide bonds. The molecule has 0 aliphatic carbocycles. The summed E-state index contributed by atoms with van der Waals surface area (Å²) in [6.07, 6.45) is -0.402. The van der Waals surface area contributed by atoms with Crippen molar-refractivity contribution in [2.24, 2.45) is 0 Å². The lowest BCUT2D eigenvalue weighted by molar-refractivity contribution is 0.0245. The molecular formula is C23H28N2O4. The number of carbonyl (C=O) groups excluding carboxylic acids is 3. The summed E-state index contributed by atoms with van der Waals surface area (Å²) in [5.41, 5.74) is 1.84. The van der Waals surface area contributed by atoms with Crippen LogP contribution in [0.25, 0.3) is 0 Å². The molecule has 6 heteroatoms. The lowest BCUT2D eigenvalue weighted by Gasteiger charge is -2.27. The molecule has 0 bridgehead atoms. The average molecular weight is 396 g/mol. The van der Waals surface area contributed by atoms with E-state index in [1.165, 1.54) is 6.92 Å². The number of benzene rings is 2. The molecule has 1 N–H and O–H groups in total. The molecule has 0 saturated carbocycles. The maximum atomic E-state index is 12.6. The Morgan fingerprint density at radius 3 is 2.10 bits per heavy atom. The topological polar surface area (TPSA) is 75.7 Å². The Morgan fingerprint density at radius 1 is 0.966 bits per heavy atom. The predicted molar refractivity (Wildman–Crippen MR) is 113 cm³/mol. The summed E-state index contributed by atoms with van der Waals surface area (Å²) in [5.74, 6) is -0.336. The standard InChI is InChI=1S/C23H28N2O4/c1-6-25(22(28)29-23(3,4)5)15-19-9-7-8-10-20(19)24-21(27)18-13-11-17(12-14-18)16(2)26/h7-14H,6,15H2,1-5H3,(H,24,27). The van der Waals surface area contributed by atoms with E-state index in [9.17, 15) is 14.4 Å². The predicted octanol–water partition coefficient (Wildman–Crippen LogP) is 4.90. The molecule has 29 heavy (non-hydrogen) atoms. The van der Waals surface area contributed by atoms with Gasteiger partial charge in [-0.3, -0.25) is 9.59 Å². The van der Waals surface area contributed by atoms with Crippen LogP contribution in [0.2, 0.25) is 0 Å². The van der Waals surface area contributed by atoms with Gasteiger partial charge < -0.3 is 15.0 Å². The summed E-state index contributed by atoms with van der Waals surface area (Å²) < 4.78 is 5.46. The minimum atomic E-state index is -0.579. The van der Waals surface area contributed by atoms with Crippen LogP contribution in [0.3, 0.4) is 0 Å². The normalized spacial score (nSPS) is 10.9. The smallest absolute Gasteiger partial charge is 0.410 e. The van der Waals surface area contributed by atoms with Crippen LogP contribution < -0.4 is 5.32 Å². The lowest BCUT2D eigenvalue weighted by atomic mass is 10.1. The fourth-order valence-electron chi connectivity index (χ4n) is 2.67. The Balaban J connectivity index is 2.16. The first kappa shape index (κ1) is 22.1. The Hall–Kier alpha value is -3.15. The number of nitrogens with zero attached hydrogens (tertiary/aromatic N) is 1. The van der Waals surface area contributed by atoms with Gasteiger partial charge in [0.05, 0.1) is 6.54 Å². The lowest BCUT2D eigenvalue weighted by Crippen LogP contribution is -2.36. The highest BCUT2D eigenvalue weighted by atomic mass is 16.6. The van der Waals surface area contributed by atoms with Gasteiger partial charge in [-0.05, 0) is 58.4 Å². The van der Waals surface area contributed by atoms with Crippen LogP contribution in [0.5, 0.6) is 0 Å². The van der Waals surface area contributed by atoms with Crippen molar-refractivity contribution in [3.8, 4) is 0 Å². The molecule has 0 aliphatic heterocycles. The first-order valence-corrected chi connectivity index (χ1v) is 9.59. The summed E-state index contributed by atoms with van der Waals surface area (Å²) in [6.45, 7) is 9.62. The average Bonchev–Trinajstić information content (AvgIpc) is 2.65. The number of anilines is 1. The maximum absolute atomic E-state index is 12.6. The van der Waals surface area contributed by atoms with E-state index < -0.39 is 11.7 Å². The summed E-state index contributed by atoms with van der Waals surface area (Å²) in [4.78, 5) is 38.0. The first-order chi connectivity index (χ1) is 13.6. The largest absolute Gasteiger partial charge is 0.444 e. The monoisotopic (exact) mass is 396 g/mol. The van der Waals surface area contributed by atoms with Crippen LogP contribution in [0, 0.1) is 0 Å². The number of hydrogen-bond donors (Lipinski definition) is 1. The molecule has 0 fully saturated rings. The molecule has 6 nitrogen and oxygen atoms in total. The second-order valence-electron chi connectivity index (χ2n) is 7.74. The SMILES string of the molecule is CCN(Cc1ccccc1NC(=O)c1ccc(C(C)=O)cc1)C(=O)OC(C)(C)C. The summed E-state index contributed by atoms with van der Waals surface area (Å²) in [6, 6.07) is 13.8. The van der Waals surface area contributed by atoms with Gasteiger partial charge in [0.1, 0.15) is 5.60 Å². The van der Waals surface area contributed by atoms with E-state index in [0.717, 1.165) is 5.56 Å². The zero-order chi connectivity index (χ0) is 21.6. The second-order valence-corrected chi connectivity index (χ2v) is 7.74. The number of nitrogens with one attached hydrogen (secondary N) is 1. The van der Waals surface area contributed by atoms with Crippen molar-refractivity contribution in [2.45, 2.75) is 46.8 Å². The third-order valence-corrected chi connectivity index (χ3v) is 4.21. The van der Waals surface area contributed by atoms with E-state index in [-0.39, 0.29) is 11.7 Å². The third-order valence-electron chi connectivity index (χ3n) is 4.21. The summed E-state index contributed by atoms with van der Waals surface area (Å²) in [5, 5.41) is 2.89. The van der Waals surface area contributed by atoms with Crippen molar-refractivity contribution in [1.29, 1.82) is 0 Å². The Morgan fingerprint density at radius 2 is 1.55 bits per heavy atom. The molecule has 0 saturated heterocycles. The molecule has 0 aliphatic rings. The van der Waals surface area contributed by atoms with Crippen LogP contribution >= 0.6 is 0 Å². The molecule has 0 aromatic heterocycles. The van der Waals surface area contributed by atoms with Gasteiger partial charge in [-0.2, -0.15) is 0 Å². The Labute approximate surface area is 171 Å². The molecule has 2 rings (SSSR count). The van der Waals surface area contributed by atoms with E-state index in [4.69, 9.17) is 4.74 Å². The highest BCUT2D eigenvalue weighted by Gasteiger charge is 2.22. The third kappa shape index (κ3) is 6.45. The quantitative estimate of drug-likeness (QED) is 0.705. The number of carbonyl (C=O) groups is 3. The second kappa shape index (κ2) is 9.37. The number of para-hydroxylation sites is 1. The number of ketones is 1. The van der Waals surface area contributed by atoms with Gasteiger partial charge in [-0.1, -0.05) is 30.3 Å². The van der Waals surface area contributed by atoms with Crippen molar-refractivity contribution in [3.63, 3.8) is 0 Å². The van der Waals surface area contributed by atoms with Crippen molar-refractivity contribution in [1.82, 2.24) is 4.90 Å². The van der Waals surface area contributed by atoms with Gasteiger partial charge in [-0.25, -0.2) is 4.79 Å². The fraction of sp³-hybridized carbons (Fsp3) is 0.348. The molecule has 0 unspecified atom stereocenters.